The maximum absolute atomic E-state index is 12.8. The number of phenols is 1. The highest BCUT2D eigenvalue weighted by atomic mass is 35.5. The molecule has 0 aliphatic carbocycles. The third kappa shape index (κ3) is 3.58. The van der Waals surface area contributed by atoms with Gasteiger partial charge in [-0.2, -0.15) is 5.10 Å². The van der Waals surface area contributed by atoms with Crippen molar-refractivity contribution in [2.24, 2.45) is 0 Å². The molecule has 0 aliphatic rings. The minimum absolute atomic E-state index is 0.0924. The van der Waals surface area contributed by atoms with Crippen molar-refractivity contribution in [2.45, 2.75) is 26.7 Å². The lowest BCUT2D eigenvalue weighted by molar-refractivity contribution is 0.102. The summed E-state index contributed by atoms with van der Waals surface area (Å²) < 4.78 is 1.76. The first-order valence-corrected chi connectivity index (χ1v) is 8.69. The second-order valence-corrected chi connectivity index (χ2v) is 6.88. The van der Waals surface area contributed by atoms with Crippen molar-refractivity contribution in [1.29, 1.82) is 0 Å². The summed E-state index contributed by atoms with van der Waals surface area (Å²) in [6.07, 6.45) is 1.58. The van der Waals surface area contributed by atoms with Crippen LogP contribution in [0, 0.1) is 6.92 Å². The zero-order chi connectivity index (χ0) is 18.8. The summed E-state index contributed by atoms with van der Waals surface area (Å²) in [5.41, 5.74) is 3.62. The van der Waals surface area contributed by atoms with Crippen LogP contribution in [0.2, 0.25) is 5.02 Å². The van der Waals surface area contributed by atoms with Crippen molar-refractivity contribution < 1.29 is 9.90 Å². The Labute approximate surface area is 157 Å². The molecule has 0 radical (unpaired) electrons. The van der Waals surface area contributed by atoms with E-state index in [-0.39, 0.29) is 17.6 Å². The van der Waals surface area contributed by atoms with E-state index in [1.807, 2.05) is 32.9 Å². The van der Waals surface area contributed by atoms with Crippen molar-refractivity contribution in [3.8, 4) is 11.4 Å². The minimum Gasteiger partial charge on any atom is -0.508 e. The number of benzene rings is 2. The van der Waals surface area contributed by atoms with Crippen molar-refractivity contribution >= 4 is 23.2 Å². The highest BCUT2D eigenvalue weighted by molar-refractivity contribution is 6.30. The Balaban J connectivity index is 1.97. The Morgan fingerprint density at radius 1 is 1.19 bits per heavy atom. The number of hydrogen-bond acceptors (Lipinski definition) is 3. The number of amides is 1. The number of aryl methyl sites for hydroxylation is 1. The van der Waals surface area contributed by atoms with Gasteiger partial charge in [0, 0.05) is 10.7 Å². The lowest BCUT2D eigenvalue weighted by Crippen LogP contribution is -2.16. The van der Waals surface area contributed by atoms with E-state index in [9.17, 15) is 9.90 Å². The van der Waals surface area contributed by atoms with Crippen LogP contribution in [-0.4, -0.2) is 20.8 Å². The monoisotopic (exact) mass is 369 g/mol. The molecule has 1 heterocycles. The summed E-state index contributed by atoms with van der Waals surface area (Å²) in [4.78, 5) is 12.8. The fraction of sp³-hybridized carbons (Fsp3) is 0.200. The molecule has 1 amide bonds. The average Bonchev–Trinajstić information content (AvgIpc) is 3.03. The predicted molar refractivity (Wildman–Crippen MR) is 103 cm³/mol. The largest absolute Gasteiger partial charge is 0.508 e. The third-order valence-electron chi connectivity index (χ3n) is 4.13. The Bertz CT molecular complexity index is 946. The van der Waals surface area contributed by atoms with Gasteiger partial charge in [0.2, 0.25) is 0 Å². The fourth-order valence-corrected chi connectivity index (χ4v) is 2.98. The van der Waals surface area contributed by atoms with E-state index >= 15 is 0 Å². The van der Waals surface area contributed by atoms with Gasteiger partial charge in [-0.15, -0.1) is 0 Å². The average molecular weight is 370 g/mol. The molecular weight excluding hydrogens is 350 g/mol. The van der Waals surface area contributed by atoms with Crippen LogP contribution in [0.5, 0.6) is 5.75 Å². The van der Waals surface area contributed by atoms with Crippen molar-refractivity contribution in [3.05, 3.63) is 70.5 Å². The molecule has 2 N–H and O–H groups in total. The van der Waals surface area contributed by atoms with E-state index in [2.05, 4.69) is 10.4 Å². The molecule has 0 spiro atoms. The van der Waals surface area contributed by atoms with Crippen LogP contribution in [0.15, 0.2) is 48.7 Å². The Morgan fingerprint density at radius 2 is 1.88 bits per heavy atom. The second-order valence-electron chi connectivity index (χ2n) is 6.44. The molecule has 1 aromatic heterocycles. The number of halogens is 1. The molecule has 0 unspecified atom stereocenters. The number of carbonyl (C=O) groups is 1. The van der Waals surface area contributed by atoms with Gasteiger partial charge >= 0.3 is 0 Å². The highest BCUT2D eigenvalue weighted by Gasteiger charge is 2.21. The summed E-state index contributed by atoms with van der Waals surface area (Å²) in [5, 5.41) is 17.5. The van der Waals surface area contributed by atoms with E-state index in [0.29, 0.717) is 16.3 Å². The zero-order valence-electron chi connectivity index (χ0n) is 14.8. The number of carbonyl (C=O) groups excluding carboxylic acids is 1. The van der Waals surface area contributed by atoms with Crippen LogP contribution in [0.3, 0.4) is 0 Å². The first-order chi connectivity index (χ1) is 12.4. The van der Waals surface area contributed by atoms with Gasteiger partial charge in [-0.3, -0.25) is 4.79 Å². The smallest absolute Gasteiger partial charge is 0.259 e. The first kappa shape index (κ1) is 18.0. The van der Waals surface area contributed by atoms with Gasteiger partial charge in [-0.05, 0) is 60.9 Å². The van der Waals surface area contributed by atoms with Crippen LogP contribution in [-0.2, 0) is 0 Å². The highest BCUT2D eigenvalue weighted by Crippen LogP contribution is 2.26. The summed E-state index contributed by atoms with van der Waals surface area (Å²) in [7, 11) is 0. The number of phenolic OH excluding ortho intramolecular Hbond substituents is 1. The van der Waals surface area contributed by atoms with Gasteiger partial charge < -0.3 is 10.4 Å². The molecule has 0 saturated carbocycles. The van der Waals surface area contributed by atoms with Crippen LogP contribution in [0.4, 0.5) is 5.69 Å². The van der Waals surface area contributed by atoms with E-state index in [0.717, 1.165) is 16.9 Å². The van der Waals surface area contributed by atoms with Crippen LogP contribution in [0.25, 0.3) is 5.69 Å². The molecule has 5 nitrogen and oxygen atoms in total. The minimum atomic E-state index is -0.234. The predicted octanol–water partition coefficient (Wildman–Crippen LogP) is 4.92. The molecule has 0 fully saturated rings. The topological polar surface area (TPSA) is 67.2 Å². The molecule has 3 rings (SSSR count). The normalized spacial score (nSPS) is 11.0. The fourth-order valence-electron chi connectivity index (χ4n) is 2.85. The van der Waals surface area contributed by atoms with E-state index in [4.69, 9.17) is 11.6 Å². The molecule has 2 aromatic carbocycles. The van der Waals surface area contributed by atoms with E-state index in [1.54, 1.807) is 41.2 Å². The molecule has 0 aliphatic heterocycles. The number of aromatic hydroxyl groups is 1. The van der Waals surface area contributed by atoms with E-state index in [1.165, 1.54) is 0 Å². The van der Waals surface area contributed by atoms with Crippen molar-refractivity contribution in [3.63, 3.8) is 0 Å². The van der Waals surface area contributed by atoms with Crippen LogP contribution in [0.1, 0.15) is 41.4 Å². The Hall–Kier alpha value is -2.79. The third-order valence-corrected chi connectivity index (χ3v) is 4.38. The van der Waals surface area contributed by atoms with Crippen molar-refractivity contribution in [2.75, 3.05) is 5.32 Å². The number of anilines is 1. The molecule has 0 atom stereocenters. The molecule has 134 valence electrons. The van der Waals surface area contributed by atoms with Gasteiger partial charge in [0.1, 0.15) is 5.75 Å². The van der Waals surface area contributed by atoms with E-state index < -0.39 is 0 Å². The van der Waals surface area contributed by atoms with Crippen LogP contribution >= 0.6 is 11.6 Å². The standard InChI is InChI=1S/C20H20ClN3O2/c1-12(2)19-17(11-22-24(19)15-6-4-14(21)5-7-15)20(26)23-18-9-8-16(25)10-13(18)3/h4-12,25H,1-3H3,(H,23,26). The molecule has 0 bridgehead atoms. The summed E-state index contributed by atoms with van der Waals surface area (Å²) in [6, 6.07) is 12.2. The summed E-state index contributed by atoms with van der Waals surface area (Å²) in [5.74, 6) is 0.0245. The second kappa shape index (κ2) is 7.22. The SMILES string of the molecule is Cc1cc(O)ccc1NC(=O)c1cnn(-c2ccc(Cl)cc2)c1C(C)C. The molecule has 26 heavy (non-hydrogen) atoms. The number of aromatic nitrogens is 2. The number of nitrogens with one attached hydrogen (secondary N) is 1. The molecule has 3 aromatic rings. The van der Waals surface area contributed by atoms with Gasteiger partial charge in [0.25, 0.3) is 5.91 Å². The van der Waals surface area contributed by atoms with Crippen LogP contribution < -0.4 is 5.32 Å². The maximum Gasteiger partial charge on any atom is 0.259 e. The van der Waals surface area contributed by atoms with Gasteiger partial charge in [0.05, 0.1) is 23.1 Å². The zero-order valence-corrected chi connectivity index (χ0v) is 15.6. The Kier molecular flexibility index (Phi) is 5.00. The maximum atomic E-state index is 12.8. The lowest BCUT2D eigenvalue weighted by atomic mass is 10.0. The quantitative estimate of drug-likeness (QED) is 0.642. The lowest BCUT2D eigenvalue weighted by Gasteiger charge is -2.14. The number of rotatable bonds is 4. The first-order valence-electron chi connectivity index (χ1n) is 8.31. The van der Waals surface area contributed by atoms with Gasteiger partial charge in [-0.1, -0.05) is 25.4 Å². The summed E-state index contributed by atoms with van der Waals surface area (Å²) in [6.45, 7) is 5.87. The molecule has 0 saturated heterocycles. The Morgan fingerprint density at radius 3 is 2.50 bits per heavy atom. The molecular formula is C20H20ClN3O2. The summed E-state index contributed by atoms with van der Waals surface area (Å²) >= 11 is 5.96. The van der Waals surface area contributed by atoms with Crippen molar-refractivity contribution in [1.82, 2.24) is 9.78 Å². The number of nitrogens with zero attached hydrogens (tertiary/aromatic N) is 2. The van der Waals surface area contributed by atoms with Gasteiger partial charge in [-0.25, -0.2) is 4.68 Å². The van der Waals surface area contributed by atoms with Gasteiger partial charge in [0.15, 0.2) is 0 Å². The number of hydrogen-bond donors (Lipinski definition) is 2. The molecule has 6 heteroatoms.